The van der Waals surface area contributed by atoms with E-state index in [4.69, 9.17) is 9.52 Å². The van der Waals surface area contributed by atoms with Crippen molar-refractivity contribution in [2.24, 2.45) is 0 Å². The van der Waals surface area contributed by atoms with Crippen LogP contribution >= 0.6 is 0 Å². The van der Waals surface area contributed by atoms with E-state index in [2.05, 4.69) is 0 Å². The number of rotatable bonds is 5. The van der Waals surface area contributed by atoms with E-state index in [-0.39, 0.29) is 12.4 Å². The summed E-state index contributed by atoms with van der Waals surface area (Å²) in [6.07, 6.45) is 3.80. The second-order valence-corrected chi connectivity index (χ2v) is 4.88. The van der Waals surface area contributed by atoms with Gasteiger partial charge in [-0.05, 0) is 42.7 Å². The summed E-state index contributed by atoms with van der Waals surface area (Å²) in [7, 11) is 0. The summed E-state index contributed by atoms with van der Waals surface area (Å²) in [4.78, 5) is 2.04. The maximum atomic E-state index is 14.1. The zero-order chi connectivity index (χ0) is 13.2. The molecular formula is C15H16FNO2. The molecular weight excluding hydrogens is 245 g/mol. The fourth-order valence-electron chi connectivity index (χ4n) is 2.25. The Kier molecular flexibility index (Phi) is 3.25. The van der Waals surface area contributed by atoms with E-state index in [0.717, 1.165) is 18.6 Å². The third kappa shape index (κ3) is 2.63. The third-order valence-electron chi connectivity index (χ3n) is 3.40. The van der Waals surface area contributed by atoms with Crippen LogP contribution in [-0.2, 0) is 13.2 Å². The van der Waals surface area contributed by atoms with Gasteiger partial charge in [0.2, 0.25) is 0 Å². The minimum atomic E-state index is -0.287. The largest absolute Gasteiger partial charge is 0.467 e. The van der Waals surface area contributed by atoms with Crippen LogP contribution in [0.2, 0.25) is 0 Å². The van der Waals surface area contributed by atoms with Crippen molar-refractivity contribution < 1.29 is 13.9 Å². The predicted octanol–water partition coefficient (Wildman–Crippen LogP) is 3.08. The first-order valence-electron chi connectivity index (χ1n) is 6.46. The summed E-state index contributed by atoms with van der Waals surface area (Å²) in [6.45, 7) is 0.436. The number of hydrogen-bond acceptors (Lipinski definition) is 3. The SMILES string of the molecule is OCc1ccc(N(Cc2ccco2)C2CC2)c(F)c1. The Labute approximate surface area is 111 Å². The predicted molar refractivity (Wildman–Crippen MR) is 70.2 cm³/mol. The van der Waals surface area contributed by atoms with Gasteiger partial charge < -0.3 is 14.4 Å². The molecule has 3 rings (SSSR count). The lowest BCUT2D eigenvalue weighted by Crippen LogP contribution is -2.25. The van der Waals surface area contributed by atoms with Crippen LogP contribution in [0.1, 0.15) is 24.2 Å². The number of benzene rings is 1. The van der Waals surface area contributed by atoms with Crippen LogP contribution in [0.4, 0.5) is 10.1 Å². The van der Waals surface area contributed by atoms with Crippen molar-refractivity contribution in [3.63, 3.8) is 0 Å². The van der Waals surface area contributed by atoms with E-state index in [1.165, 1.54) is 6.07 Å². The maximum absolute atomic E-state index is 14.1. The number of furan rings is 1. The third-order valence-corrected chi connectivity index (χ3v) is 3.40. The molecule has 0 amide bonds. The van der Waals surface area contributed by atoms with Crippen LogP contribution in [0.3, 0.4) is 0 Å². The van der Waals surface area contributed by atoms with Crippen LogP contribution in [0, 0.1) is 5.82 Å². The van der Waals surface area contributed by atoms with Gasteiger partial charge in [-0.2, -0.15) is 0 Å². The highest BCUT2D eigenvalue weighted by molar-refractivity contribution is 5.51. The molecule has 3 nitrogen and oxygen atoms in total. The molecule has 1 N–H and O–H groups in total. The highest BCUT2D eigenvalue weighted by Crippen LogP contribution is 2.34. The number of aliphatic hydroxyl groups is 1. The average molecular weight is 261 g/mol. The number of aliphatic hydroxyl groups excluding tert-OH is 1. The van der Waals surface area contributed by atoms with Gasteiger partial charge in [0.15, 0.2) is 0 Å². The topological polar surface area (TPSA) is 36.6 Å². The van der Waals surface area contributed by atoms with E-state index in [0.29, 0.717) is 23.8 Å². The second kappa shape index (κ2) is 5.05. The van der Waals surface area contributed by atoms with Gasteiger partial charge in [-0.25, -0.2) is 4.39 Å². The first-order valence-corrected chi connectivity index (χ1v) is 6.46. The van der Waals surface area contributed by atoms with Crippen molar-refractivity contribution in [2.75, 3.05) is 4.90 Å². The molecule has 1 saturated carbocycles. The molecule has 0 saturated heterocycles. The van der Waals surface area contributed by atoms with Gasteiger partial charge in [0, 0.05) is 6.04 Å². The van der Waals surface area contributed by atoms with E-state index in [1.807, 2.05) is 17.0 Å². The van der Waals surface area contributed by atoms with Crippen molar-refractivity contribution in [1.29, 1.82) is 0 Å². The Bertz CT molecular complexity index is 549. The zero-order valence-corrected chi connectivity index (χ0v) is 10.6. The molecule has 1 fully saturated rings. The van der Waals surface area contributed by atoms with Gasteiger partial charge in [0.1, 0.15) is 11.6 Å². The Morgan fingerprint density at radius 3 is 2.74 bits per heavy atom. The monoisotopic (exact) mass is 261 g/mol. The van der Waals surface area contributed by atoms with Gasteiger partial charge in [-0.3, -0.25) is 0 Å². The molecule has 0 bridgehead atoms. The average Bonchev–Trinajstić information content (AvgIpc) is 3.14. The second-order valence-electron chi connectivity index (χ2n) is 4.88. The maximum Gasteiger partial charge on any atom is 0.146 e. The highest BCUT2D eigenvalue weighted by atomic mass is 19.1. The molecule has 2 aromatic rings. The van der Waals surface area contributed by atoms with Gasteiger partial charge in [0.25, 0.3) is 0 Å². The molecule has 4 heteroatoms. The molecule has 0 atom stereocenters. The summed E-state index contributed by atoms with van der Waals surface area (Å²) >= 11 is 0. The summed E-state index contributed by atoms with van der Waals surface area (Å²) in [6, 6.07) is 9.02. The number of anilines is 1. The quantitative estimate of drug-likeness (QED) is 0.898. The van der Waals surface area contributed by atoms with Gasteiger partial charge in [0.05, 0.1) is 25.1 Å². The molecule has 19 heavy (non-hydrogen) atoms. The summed E-state index contributed by atoms with van der Waals surface area (Å²) < 4.78 is 19.5. The number of hydrogen-bond donors (Lipinski definition) is 1. The molecule has 1 aliphatic rings. The minimum absolute atomic E-state index is 0.140. The van der Waals surface area contributed by atoms with Crippen LogP contribution in [0.25, 0.3) is 0 Å². The van der Waals surface area contributed by atoms with Crippen LogP contribution < -0.4 is 4.90 Å². The van der Waals surface area contributed by atoms with Crippen LogP contribution in [0.15, 0.2) is 41.0 Å². The highest BCUT2D eigenvalue weighted by Gasteiger charge is 2.31. The van der Waals surface area contributed by atoms with Crippen molar-refractivity contribution in [3.8, 4) is 0 Å². The zero-order valence-electron chi connectivity index (χ0n) is 10.6. The summed E-state index contributed by atoms with van der Waals surface area (Å²) in [5.74, 6) is 0.544. The van der Waals surface area contributed by atoms with Crippen molar-refractivity contribution >= 4 is 5.69 Å². The van der Waals surface area contributed by atoms with Gasteiger partial charge in [-0.15, -0.1) is 0 Å². The molecule has 1 heterocycles. The smallest absolute Gasteiger partial charge is 0.146 e. The number of halogens is 1. The molecule has 0 aliphatic heterocycles. The van der Waals surface area contributed by atoms with E-state index in [1.54, 1.807) is 18.4 Å². The molecule has 1 aliphatic carbocycles. The normalized spacial score (nSPS) is 14.6. The molecule has 100 valence electrons. The van der Waals surface area contributed by atoms with Crippen LogP contribution in [0.5, 0.6) is 0 Å². The minimum Gasteiger partial charge on any atom is -0.467 e. The number of nitrogens with zero attached hydrogens (tertiary/aromatic N) is 1. The van der Waals surface area contributed by atoms with Crippen LogP contribution in [-0.4, -0.2) is 11.1 Å². The van der Waals surface area contributed by atoms with Crippen molar-refractivity contribution in [1.82, 2.24) is 0 Å². The Hall–Kier alpha value is -1.81. The van der Waals surface area contributed by atoms with E-state index < -0.39 is 0 Å². The van der Waals surface area contributed by atoms with Gasteiger partial charge in [-0.1, -0.05) is 6.07 Å². The first-order chi connectivity index (χ1) is 9.28. The summed E-state index contributed by atoms with van der Waals surface area (Å²) in [5.41, 5.74) is 1.17. The fourth-order valence-corrected chi connectivity index (χ4v) is 2.25. The summed E-state index contributed by atoms with van der Waals surface area (Å²) in [5, 5.41) is 9.03. The Morgan fingerprint density at radius 2 is 2.16 bits per heavy atom. The first kappa shape index (κ1) is 12.2. The molecule has 0 spiro atoms. The molecule has 0 unspecified atom stereocenters. The van der Waals surface area contributed by atoms with Crippen molar-refractivity contribution in [3.05, 3.63) is 53.7 Å². The van der Waals surface area contributed by atoms with Crippen molar-refractivity contribution in [2.45, 2.75) is 32.0 Å². The fraction of sp³-hybridized carbons (Fsp3) is 0.333. The molecule has 0 radical (unpaired) electrons. The Morgan fingerprint density at radius 1 is 1.32 bits per heavy atom. The lowest BCUT2D eigenvalue weighted by molar-refractivity contribution is 0.281. The van der Waals surface area contributed by atoms with E-state index in [9.17, 15) is 4.39 Å². The van der Waals surface area contributed by atoms with Gasteiger partial charge >= 0.3 is 0 Å². The molecule has 1 aromatic heterocycles. The Balaban J connectivity index is 1.87. The lowest BCUT2D eigenvalue weighted by atomic mass is 10.2. The lowest BCUT2D eigenvalue weighted by Gasteiger charge is -2.24. The molecule has 1 aromatic carbocycles. The standard InChI is InChI=1S/C15H16FNO2/c16-14-8-11(10-18)3-6-15(14)17(12-4-5-12)9-13-2-1-7-19-13/h1-3,6-8,12,18H,4-5,9-10H2. The van der Waals surface area contributed by atoms with E-state index >= 15 is 0 Å².